The molecule has 0 spiro atoms. The van der Waals surface area contributed by atoms with Crippen LogP contribution in [-0.4, -0.2) is 30.3 Å². The molecule has 0 bridgehead atoms. The summed E-state index contributed by atoms with van der Waals surface area (Å²) >= 11 is 0.196. The van der Waals surface area contributed by atoms with Crippen LogP contribution in [0.3, 0.4) is 0 Å². The molecule has 0 saturated heterocycles. The predicted molar refractivity (Wildman–Crippen MR) is 88.9 cm³/mol. The zero-order valence-corrected chi connectivity index (χ0v) is 13.8. The van der Waals surface area contributed by atoms with E-state index in [1.165, 1.54) is 5.56 Å². The summed E-state index contributed by atoms with van der Waals surface area (Å²) < 4.78 is 2.63. The molecule has 5 heteroatoms. The number of fused-ring (bicyclic) bond motifs is 2. The fourth-order valence-corrected chi connectivity index (χ4v) is 4.39. The Hall–Kier alpha value is -2.23. The molecular weight excluding hydrogens is 339 g/mol. The first-order valence-electron chi connectivity index (χ1n) is 7.06. The minimum absolute atomic E-state index is 0.196. The van der Waals surface area contributed by atoms with E-state index in [2.05, 4.69) is 36.2 Å². The minimum atomic E-state index is 0.196. The van der Waals surface area contributed by atoms with E-state index in [0.717, 1.165) is 32.2 Å². The van der Waals surface area contributed by atoms with Crippen LogP contribution >= 0.6 is 0 Å². The Morgan fingerprint density at radius 3 is 2.68 bits per heavy atom. The number of benzene rings is 2. The van der Waals surface area contributed by atoms with E-state index in [9.17, 15) is 0 Å². The van der Waals surface area contributed by atoms with Crippen LogP contribution in [0.25, 0.3) is 10.9 Å². The average molecular weight is 353 g/mol. The molecule has 4 rings (SSSR count). The third-order valence-corrected chi connectivity index (χ3v) is 5.68. The zero-order chi connectivity index (χ0) is 15.1. The second-order valence-corrected chi connectivity index (χ2v) is 7.25. The summed E-state index contributed by atoms with van der Waals surface area (Å²) in [7, 11) is 0. The molecule has 1 aliphatic rings. The van der Waals surface area contributed by atoms with E-state index < -0.39 is 0 Å². The van der Waals surface area contributed by atoms with Gasteiger partial charge in [-0.1, -0.05) is 0 Å². The average Bonchev–Trinajstić information content (AvgIpc) is 2.56. The molecule has 4 nitrogen and oxygen atoms in total. The Morgan fingerprint density at radius 1 is 1.09 bits per heavy atom. The molecule has 0 aliphatic carbocycles. The number of aromatic nitrogens is 2. The summed E-state index contributed by atoms with van der Waals surface area (Å²) in [5, 5.41) is 14.9. The molecular formula is C17H14N4Se. The molecule has 0 atom stereocenters. The van der Waals surface area contributed by atoms with E-state index in [1.54, 1.807) is 4.68 Å². The monoisotopic (exact) mass is 354 g/mol. The molecule has 1 N–H and O–H groups in total. The van der Waals surface area contributed by atoms with Gasteiger partial charge in [-0.25, -0.2) is 0 Å². The number of rotatable bonds is 1. The second kappa shape index (κ2) is 5.20. The van der Waals surface area contributed by atoms with Gasteiger partial charge in [-0.2, -0.15) is 0 Å². The summed E-state index contributed by atoms with van der Waals surface area (Å²) in [6.45, 7) is 2.08. The van der Waals surface area contributed by atoms with Crippen molar-refractivity contribution in [1.82, 2.24) is 9.66 Å². The van der Waals surface area contributed by atoms with Crippen molar-refractivity contribution < 1.29 is 0 Å². The molecule has 1 aliphatic heterocycles. The summed E-state index contributed by atoms with van der Waals surface area (Å²) in [5.41, 5.74) is 4.73. The van der Waals surface area contributed by atoms with Crippen LogP contribution < -0.4 is 10.2 Å². The molecule has 22 heavy (non-hydrogen) atoms. The van der Waals surface area contributed by atoms with Crippen LogP contribution in [0.2, 0.25) is 5.32 Å². The van der Waals surface area contributed by atoms with Crippen molar-refractivity contribution in [1.29, 1.82) is 5.41 Å². The number of nitrogens with zero attached hydrogens (tertiary/aromatic N) is 3. The molecule has 2 aromatic carbocycles. The third-order valence-electron chi connectivity index (χ3n) is 3.71. The quantitative estimate of drug-likeness (QED) is 0.667. The van der Waals surface area contributed by atoms with E-state index in [1.807, 2.05) is 24.3 Å². The van der Waals surface area contributed by atoms with E-state index in [4.69, 9.17) is 10.5 Å². The van der Waals surface area contributed by atoms with Crippen molar-refractivity contribution in [2.45, 2.75) is 12.2 Å². The van der Waals surface area contributed by atoms with Crippen molar-refractivity contribution in [3.63, 3.8) is 0 Å². The first kappa shape index (κ1) is 13.4. The van der Waals surface area contributed by atoms with Crippen LogP contribution in [0.15, 0.2) is 53.6 Å². The number of aryl methyl sites for hydroxylation is 1. The van der Waals surface area contributed by atoms with Crippen LogP contribution in [-0.2, 0) is 0 Å². The van der Waals surface area contributed by atoms with Crippen LogP contribution in [0.4, 0.5) is 0 Å². The molecule has 0 saturated carbocycles. The van der Waals surface area contributed by atoms with Gasteiger partial charge in [0.05, 0.1) is 0 Å². The summed E-state index contributed by atoms with van der Waals surface area (Å²) in [6.07, 6.45) is 0. The molecule has 3 aromatic rings. The molecule has 0 fully saturated rings. The van der Waals surface area contributed by atoms with Crippen LogP contribution in [0, 0.1) is 12.3 Å². The van der Waals surface area contributed by atoms with Gasteiger partial charge >= 0.3 is 134 Å². The van der Waals surface area contributed by atoms with Gasteiger partial charge in [0.15, 0.2) is 0 Å². The van der Waals surface area contributed by atoms with Gasteiger partial charge in [0.2, 0.25) is 0 Å². The standard InChI is InChI=1S/C17H14N4Se/c1-11-6-8-12(9-7-11)15-10-22-17-19-14-5-3-2-4-13(14)16(18)21(17)20-15/h2-9,18H,10H2,1H3. The molecule has 0 amide bonds. The number of nitrogens with one attached hydrogen (secondary N) is 1. The molecule has 1 aromatic heterocycles. The molecule has 0 unspecified atom stereocenters. The van der Waals surface area contributed by atoms with Crippen LogP contribution in [0.5, 0.6) is 0 Å². The summed E-state index contributed by atoms with van der Waals surface area (Å²) in [4.78, 5) is 4.68. The Balaban J connectivity index is 1.90. The van der Waals surface area contributed by atoms with Crippen molar-refractivity contribution in [2.24, 2.45) is 5.10 Å². The van der Waals surface area contributed by atoms with E-state index in [-0.39, 0.29) is 15.0 Å². The van der Waals surface area contributed by atoms with Gasteiger partial charge in [0.1, 0.15) is 0 Å². The number of para-hydroxylation sites is 1. The molecule has 2 heterocycles. The molecule has 0 radical (unpaired) electrons. The fraction of sp³-hybridized carbons (Fsp3) is 0.118. The first-order valence-corrected chi connectivity index (χ1v) is 9.13. The SMILES string of the molecule is Cc1ccc(C2=Nn3c(nc4ccccc4c3=N)[Se]C2)cc1. The predicted octanol–water partition coefficient (Wildman–Crippen LogP) is 1.84. The maximum atomic E-state index is 8.43. The van der Waals surface area contributed by atoms with Gasteiger partial charge in [-0.15, -0.1) is 0 Å². The normalized spacial score (nSPS) is 13.8. The van der Waals surface area contributed by atoms with Crippen molar-refractivity contribution in [3.05, 3.63) is 65.1 Å². The zero-order valence-electron chi connectivity index (χ0n) is 12.1. The maximum absolute atomic E-state index is 8.43. The van der Waals surface area contributed by atoms with Gasteiger partial charge < -0.3 is 0 Å². The summed E-state index contributed by atoms with van der Waals surface area (Å²) in [5.74, 6) is 0. The van der Waals surface area contributed by atoms with E-state index >= 15 is 0 Å². The Morgan fingerprint density at radius 2 is 1.86 bits per heavy atom. The van der Waals surface area contributed by atoms with Crippen molar-refractivity contribution in [2.75, 3.05) is 0 Å². The van der Waals surface area contributed by atoms with Crippen molar-refractivity contribution in [3.8, 4) is 0 Å². The fourth-order valence-electron chi connectivity index (χ4n) is 2.49. The first-order chi connectivity index (χ1) is 10.7. The topological polar surface area (TPSA) is 54.0 Å². The third kappa shape index (κ3) is 2.19. The van der Waals surface area contributed by atoms with E-state index in [0.29, 0.717) is 5.49 Å². The van der Waals surface area contributed by atoms with Crippen LogP contribution in [0.1, 0.15) is 11.1 Å². The summed E-state index contributed by atoms with van der Waals surface area (Å²) in [6, 6.07) is 16.2. The Labute approximate surface area is 134 Å². The Bertz CT molecular complexity index is 955. The van der Waals surface area contributed by atoms with Gasteiger partial charge in [0.25, 0.3) is 0 Å². The Kier molecular flexibility index (Phi) is 3.17. The number of hydrogen-bond donors (Lipinski definition) is 1. The van der Waals surface area contributed by atoms with Gasteiger partial charge in [-0.05, 0) is 0 Å². The number of hydrogen-bond acceptors (Lipinski definition) is 3. The van der Waals surface area contributed by atoms with Gasteiger partial charge in [-0.3, -0.25) is 0 Å². The van der Waals surface area contributed by atoms with Crippen molar-refractivity contribution >= 4 is 36.3 Å². The molecule has 108 valence electrons. The second-order valence-electron chi connectivity index (χ2n) is 5.27. The van der Waals surface area contributed by atoms with Gasteiger partial charge in [0, 0.05) is 0 Å².